The predicted molar refractivity (Wildman–Crippen MR) is 72.6 cm³/mol. The van der Waals surface area contributed by atoms with Gasteiger partial charge in [-0.15, -0.1) is 11.3 Å². The maximum Gasteiger partial charge on any atom is 0.246 e. The minimum absolute atomic E-state index is 0.0709. The summed E-state index contributed by atoms with van der Waals surface area (Å²) in [5.41, 5.74) is 2.55. The molecule has 0 fully saturated rings. The Morgan fingerprint density at radius 2 is 2.15 bits per heavy atom. The lowest BCUT2D eigenvalue weighted by molar-refractivity contribution is -0.120. The number of amides is 1. The quantitative estimate of drug-likeness (QED) is 0.695. The maximum absolute atomic E-state index is 13.3. The van der Waals surface area contributed by atoms with Crippen molar-refractivity contribution in [2.24, 2.45) is 5.10 Å². The Kier molecular flexibility index (Phi) is 4.52. The normalized spacial score (nSPS) is 10.9. The molecular formula is C13H11F2N3OS. The summed E-state index contributed by atoms with van der Waals surface area (Å²) in [6.45, 7) is 1.84. The summed E-state index contributed by atoms with van der Waals surface area (Å²) in [6.07, 6.45) is 1.01. The molecule has 0 aliphatic heterocycles. The number of thiazole rings is 1. The molecule has 0 saturated carbocycles. The van der Waals surface area contributed by atoms with E-state index in [9.17, 15) is 13.6 Å². The molecule has 1 aromatic carbocycles. The lowest BCUT2D eigenvalue weighted by Gasteiger charge is -1.99. The van der Waals surface area contributed by atoms with Gasteiger partial charge in [-0.2, -0.15) is 5.10 Å². The molecular weight excluding hydrogens is 284 g/mol. The van der Waals surface area contributed by atoms with Gasteiger partial charge >= 0.3 is 0 Å². The van der Waals surface area contributed by atoms with Crippen molar-refractivity contribution in [2.75, 3.05) is 0 Å². The number of hydrogen-bond acceptors (Lipinski definition) is 4. The molecule has 0 radical (unpaired) electrons. The highest BCUT2D eigenvalue weighted by molar-refractivity contribution is 7.09. The summed E-state index contributed by atoms with van der Waals surface area (Å²) in [5.74, 6) is -1.88. The first-order valence-corrected chi connectivity index (χ1v) is 6.61. The second-order valence-electron chi connectivity index (χ2n) is 3.96. The lowest BCUT2D eigenvalue weighted by Crippen LogP contribution is -2.20. The van der Waals surface area contributed by atoms with Gasteiger partial charge in [-0.05, 0) is 19.1 Å². The van der Waals surface area contributed by atoms with Crippen molar-refractivity contribution >= 4 is 23.5 Å². The monoisotopic (exact) mass is 295 g/mol. The molecule has 0 unspecified atom stereocenters. The van der Waals surface area contributed by atoms with Crippen LogP contribution in [0, 0.1) is 18.6 Å². The summed E-state index contributed by atoms with van der Waals surface area (Å²) in [7, 11) is 0. The van der Waals surface area contributed by atoms with Crippen molar-refractivity contribution in [2.45, 2.75) is 13.3 Å². The summed E-state index contributed by atoms with van der Waals surface area (Å²) in [6, 6.07) is 3.49. The Bertz CT molecular complexity index is 635. The highest BCUT2D eigenvalue weighted by Crippen LogP contribution is 2.09. The van der Waals surface area contributed by atoms with Crippen LogP contribution in [0.2, 0.25) is 0 Å². The average molecular weight is 295 g/mol. The standard InChI is InChI=1S/C13H11F2N3OS/c1-8-17-9(7-20-8)5-13(19)18-16-6-10-11(14)3-2-4-12(10)15/h2-4,6-7H,5H2,1H3,(H,18,19)/b16-6-. The van der Waals surface area contributed by atoms with Gasteiger partial charge in [0.05, 0.1) is 28.9 Å². The Hall–Kier alpha value is -2.15. The van der Waals surface area contributed by atoms with Crippen molar-refractivity contribution in [1.82, 2.24) is 10.4 Å². The second kappa shape index (κ2) is 6.33. The Balaban J connectivity index is 1.94. The van der Waals surface area contributed by atoms with E-state index >= 15 is 0 Å². The van der Waals surface area contributed by atoms with E-state index in [2.05, 4.69) is 15.5 Å². The Labute approximate surface area is 118 Å². The number of halogens is 2. The predicted octanol–water partition coefficient (Wildman–Crippen LogP) is 2.42. The number of aryl methyl sites for hydroxylation is 1. The minimum Gasteiger partial charge on any atom is -0.273 e. The first-order valence-electron chi connectivity index (χ1n) is 5.73. The molecule has 0 aliphatic carbocycles. The van der Waals surface area contributed by atoms with Crippen LogP contribution in [0.3, 0.4) is 0 Å². The number of hydrazone groups is 1. The van der Waals surface area contributed by atoms with E-state index in [1.807, 2.05) is 6.92 Å². The van der Waals surface area contributed by atoms with Gasteiger partial charge in [0.15, 0.2) is 0 Å². The van der Waals surface area contributed by atoms with Crippen molar-refractivity contribution in [1.29, 1.82) is 0 Å². The Morgan fingerprint density at radius 1 is 1.45 bits per heavy atom. The number of nitrogens with one attached hydrogen (secondary N) is 1. The van der Waals surface area contributed by atoms with Gasteiger partial charge in [0, 0.05) is 5.38 Å². The Morgan fingerprint density at radius 3 is 2.75 bits per heavy atom. The molecule has 2 rings (SSSR count). The molecule has 4 nitrogen and oxygen atoms in total. The van der Waals surface area contributed by atoms with Gasteiger partial charge in [-0.3, -0.25) is 4.79 Å². The van der Waals surface area contributed by atoms with Gasteiger partial charge < -0.3 is 0 Å². The van der Waals surface area contributed by atoms with Crippen LogP contribution in [0.4, 0.5) is 8.78 Å². The molecule has 0 bridgehead atoms. The summed E-state index contributed by atoms with van der Waals surface area (Å²) >= 11 is 1.44. The van der Waals surface area contributed by atoms with Gasteiger partial charge in [-0.25, -0.2) is 19.2 Å². The third-order valence-electron chi connectivity index (χ3n) is 2.39. The first kappa shape index (κ1) is 14.3. The van der Waals surface area contributed by atoms with E-state index in [4.69, 9.17) is 0 Å². The third-order valence-corrected chi connectivity index (χ3v) is 3.21. The zero-order valence-corrected chi connectivity index (χ0v) is 11.4. The van der Waals surface area contributed by atoms with Crippen LogP contribution in [0.15, 0.2) is 28.7 Å². The fourth-order valence-corrected chi connectivity index (χ4v) is 2.11. The molecule has 1 heterocycles. The molecule has 2 aromatic rings. The molecule has 1 amide bonds. The molecule has 1 N–H and O–H groups in total. The van der Waals surface area contributed by atoms with Gasteiger partial charge in [0.25, 0.3) is 0 Å². The number of nitrogens with zero attached hydrogens (tertiary/aromatic N) is 2. The van der Waals surface area contributed by atoms with Crippen LogP contribution in [0.1, 0.15) is 16.3 Å². The molecule has 0 atom stereocenters. The fourth-order valence-electron chi connectivity index (χ4n) is 1.50. The van der Waals surface area contributed by atoms with Gasteiger partial charge in [-0.1, -0.05) is 6.07 Å². The van der Waals surface area contributed by atoms with E-state index in [1.54, 1.807) is 5.38 Å². The highest BCUT2D eigenvalue weighted by Gasteiger charge is 2.07. The molecule has 20 heavy (non-hydrogen) atoms. The van der Waals surface area contributed by atoms with Gasteiger partial charge in [0.2, 0.25) is 5.91 Å². The summed E-state index contributed by atoms with van der Waals surface area (Å²) in [4.78, 5) is 15.7. The number of aromatic nitrogens is 1. The third kappa shape index (κ3) is 3.67. The van der Waals surface area contributed by atoms with Crippen LogP contribution < -0.4 is 5.43 Å². The van der Waals surface area contributed by atoms with E-state index in [-0.39, 0.29) is 12.0 Å². The smallest absolute Gasteiger partial charge is 0.246 e. The van der Waals surface area contributed by atoms with E-state index < -0.39 is 17.5 Å². The van der Waals surface area contributed by atoms with Crippen LogP contribution >= 0.6 is 11.3 Å². The number of benzene rings is 1. The fraction of sp³-hybridized carbons (Fsp3) is 0.154. The molecule has 1 aromatic heterocycles. The number of carbonyl (C=O) groups is 1. The molecule has 0 saturated heterocycles. The van der Waals surface area contributed by atoms with Crippen molar-refractivity contribution in [3.63, 3.8) is 0 Å². The SMILES string of the molecule is Cc1nc(CC(=O)N/N=C\c2c(F)cccc2F)cs1. The van der Waals surface area contributed by atoms with Crippen molar-refractivity contribution in [3.05, 3.63) is 51.5 Å². The average Bonchev–Trinajstić information content (AvgIpc) is 2.78. The van der Waals surface area contributed by atoms with Crippen LogP contribution in [-0.2, 0) is 11.2 Å². The molecule has 0 aliphatic rings. The number of hydrogen-bond donors (Lipinski definition) is 1. The lowest BCUT2D eigenvalue weighted by atomic mass is 10.2. The van der Waals surface area contributed by atoms with Crippen LogP contribution in [0.5, 0.6) is 0 Å². The minimum atomic E-state index is -0.738. The van der Waals surface area contributed by atoms with E-state index in [0.717, 1.165) is 23.4 Å². The molecule has 7 heteroatoms. The van der Waals surface area contributed by atoms with Crippen LogP contribution in [0.25, 0.3) is 0 Å². The van der Waals surface area contributed by atoms with Crippen LogP contribution in [-0.4, -0.2) is 17.1 Å². The molecule has 0 spiro atoms. The largest absolute Gasteiger partial charge is 0.273 e. The zero-order chi connectivity index (χ0) is 14.5. The summed E-state index contributed by atoms with van der Waals surface area (Å²) < 4.78 is 26.5. The second-order valence-corrected chi connectivity index (χ2v) is 5.03. The first-order chi connectivity index (χ1) is 9.56. The maximum atomic E-state index is 13.3. The zero-order valence-electron chi connectivity index (χ0n) is 10.6. The highest BCUT2D eigenvalue weighted by atomic mass is 32.1. The number of carbonyl (C=O) groups excluding carboxylic acids is 1. The van der Waals surface area contributed by atoms with Crippen molar-refractivity contribution < 1.29 is 13.6 Å². The van der Waals surface area contributed by atoms with E-state index in [0.29, 0.717) is 5.69 Å². The van der Waals surface area contributed by atoms with E-state index in [1.165, 1.54) is 17.4 Å². The number of rotatable bonds is 4. The topological polar surface area (TPSA) is 54.4 Å². The van der Waals surface area contributed by atoms with Gasteiger partial charge in [0.1, 0.15) is 11.6 Å². The summed E-state index contributed by atoms with van der Waals surface area (Å²) in [5, 5.41) is 6.18. The molecule has 104 valence electrons. The van der Waals surface area contributed by atoms with Crippen molar-refractivity contribution in [3.8, 4) is 0 Å².